The normalized spacial score (nSPS) is 12.6. The van der Waals surface area contributed by atoms with Gasteiger partial charge in [-0.3, -0.25) is 9.59 Å². The van der Waals surface area contributed by atoms with Crippen LogP contribution in [0.1, 0.15) is 68.0 Å². The van der Waals surface area contributed by atoms with Gasteiger partial charge in [0.25, 0.3) is 0 Å². The maximum Gasteiger partial charge on any atom is 0.408 e. The van der Waals surface area contributed by atoms with Crippen LogP contribution < -0.4 is 10.6 Å². The molecule has 0 heterocycles. The van der Waals surface area contributed by atoms with Crippen LogP contribution in [0.4, 0.5) is 4.79 Å². The molecule has 2 atom stereocenters. The first kappa shape index (κ1) is 32.2. The standard InChI is InChI=1S/C34H43N3O5/c1-7-20-37(32(40)29(36-33(41)42-34(4,5)6)21-25-16-18-27(38)19-17-25)30(28-15-11-12-23(2)24(28)3)31(39)35-22-26-13-9-8-10-14-26/h8-19,29-30,38H,7,20-22H2,1-6H3,(H,35,39)(H,36,41). The van der Waals surface area contributed by atoms with Crippen molar-refractivity contribution in [2.45, 2.75) is 78.6 Å². The maximum atomic E-state index is 14.4. The zero-order chi connectivity index (χ0) is 30.9. The predicted molar refractivity (Wildman–Crippen MR) is 164 cm³/mol. The van der Waals surface area contributed by atoms with Crippen LogP contribution in [0.25, 0.3) is 0 Å². The number of hydrogen-bond acceptors (Lipinski definition) is 5. The van der Waals surface area contributed by atoms with Gasteiger partial charge in [-0.1, -0.05) is 67.6 Å². The van der Waals surface area contributed by atoms with Crippen LogP contribution in [-0.2, 0) is 27.3 Å². The molecule has 0 aliphatic rings. The first-order valence-corrected chi connectivity index (χ1v) is 14.3. The zero-order valence-electron chi connectivity index (χ0n) is 25.4. The third kappa shape index (κ3) is 9.09. The van der Waals surface area contributed by atoms with Crippen molar-refractivity contribution in [1.82, 2.24) is 15.5 Å². The molecule has 0 aliphatic heterocycles. The van der Waals surface area contributed by atoms with Gasteiger partial charge < -0.3 is 25.4 Å². The van der Waals surface area contributed by atoms with Crippen LogP contribution in [0.5, 0.6) is 5.75 Å². The van der Waals surface area contributed by atoms with Crippen LogP contribution in [0.3, 0.4) is 0 Å². The number of phenolic OH excluding ortho intramolecular Hbond substituents is 1. The maximum absolute atomic E-state index is 14.4. The van der Waals surface area contributed by atoms with Gasteiger partial charge in [0.1, 0.15) is 23.4 Å². The van der Waals surface area contributed by atoms with E-state index in [0.29, 0.717) is 13.0 Å². The third-order valence-corrected chi connectivity index (χ3v) is 6.92. The molecule has 8 heteroatoms. The molecule has 224 valence electrons. The molecule has 0 bridgehead atoms. The summed E-state index contributed by atoms with van der Waals surface area (Å²) >= 11 is 0. The fourth-order valence-electron chi connectivity index (χ4n) is 4.73. The van der Waals surface area contributed by atoms with Gasteiger partial charge in [0, 0.05) is 19.5 Å². The summed E-state index contributed by atoms with van der Waals surface area (Å²) in [6.45, 7) is 11.7. The second-order valence-corrected chi connectivity index (χ2v) is 11.5. The fourth-order valence-corrected chi connectivity index (χ4v) is 4.73. The summed E-state index contributed by atoms with van der Waals surface area (Å²) in [7, 11) is 0. The highest BCUT2D eigenvalue weighted by Gasteiger charge is 2.36. The van der Waals surface area contributed by atoms with Crippen LogP contribution in [-0.4, -0.2) is 46.1 Å². The van der Waals surface area contributed by atoms with Gasteiger partial charge in [0.2, 0.25) is 11.8 Å². The molecule has 2 unspecified atom stereocenters. The lowest BCUT2D eigenvalue weighted by Crippen LogP contribution is -2.54. The second kappa shape index (κ2) is 14.5. The third-order valence-electron chi connectivity index (χ3n) is 6.92. The fraction of sp³-hybridized carbons (Fsp3) is 0.382. The van der Waals surface area contributed by atoms with E-state index in [-0.39, 0.29) is 24.6 Å². The number of carbonyl (C=O) groups excluding carboxylic acids is 3. The van der Waals surface area contributed by atoms with Gasteiger partial charge in [-0.15, -0.1) is 0 Å². The van der Waals surface area contributed by atoms with E-state index in [1.54, 1.807) is 37.8 Å². The number of alkyl carbamates (subject to hydrolysis) is 1. The Bertz CT molecular complexity index is 1350. The molecule has 3 amide bonds. The van der Waals surface area contributed by atoms with Gasteiger partial charge in [-0.05, 0) is 81.0 Å². The van der Waals surface area contributed by atoms with Gasteiger partial charge in [-0.25, -0.2) is 4.79 Å². The molecule has 42 heavy (non-hydrogen) atoms. The van der Waals surface area contributed by atoms with E-state index in [2.05, 4.69) is 10.6 Å². The summed E-state index contributed by atoms with van der Waals surface area (Å²) in [6.07, 6.45) is 0.00846. The topological polar surface area (TPSA) is 108 Å². The molecule has 3 aromatic rings. The van der Waals surface area contributed by atoms with E-state index in [9.17, 15) is 19.5 Å². The number of ether oxygens (including phenoxy) is 1. The van der Waals surface area contributed by atoms with Gasteiger partial charge in [-0.2, -0.15) is 0 Å². The number of carbonyl (C=O) groups is 3. The molecular weight excluding hydrogens is 530 g/mol. The molecule has 0 aliphatic carbocycles. The van der Waals surface area contributed by atoms with Crippen molar-refractivity contribution in [1.29, 1.82) is 0 Å². The first-order valence-electron chi connectivity index (χ1n) is 14.3. The first-order chi connectivity index (χ1) is 19.9. The average molecular weight is 574 g/mol. The monoisotopic (exact) mass is 573 g/mol. The number of aromatic hydroxyl groups is 1. The molecule has 3 rings (SSSR count). The lowest BCUT2D eigenvalue weighted by Gasteiger charge is -2.35. The van der Waals surface area contributed by atoms with Crippen molar-refractivity contribution in [3.63, 3.8) is 0 Å². The molecule has 0 saturated heterocycles. The second-order valence-electron chi connectivity index (χ2n) is 11.5. The van der Waals surface area contributed by atoms with E-state index in [4.69, 9.17) is 4.74 Å². The Labute approximate surface area is 249 Å². The molecule has 3 N–H and O–H groups in total. The lowest BCUT2D eigenvalue weighted by molar-refractivity contribution is -0.142. The summed E-state index contributed by atoms with van der Waals surface area (Å²) < 4.78 is 5.49. The highest BCUT2D eigenvalue weighted by atomic mass is 16.6. The smallest absolute Gasteiger partial charge is 0.408 e. The molecule has 0 fully saturated rings. The van der Waals surface area contributed by atoms with E-state index < -0.39 is 29.7 Å². The number of benzene rings is 3. The van der Waals surface area contributed by atoms with Crippen LogP contribution in [0.2, 0.25) is 0 Å². The average Bonchev–Trinajstić information content (AvgIpc) is 2.93. The number of nitrogens with zero attached hydrogens (tertiary/aromatic N) is 1. The van der Waals surface area contributed by atoms with Crippen LogP contribution in [0.15, 0.2) is 72.8 Å². The Morgan fingerprint density at radius 2 is 1.57 bits per heavy atom. The number of hydrogen-bond donors (Lipinski definition) is 3. The molecule has 0 spiro atoms. The summed E-state index contributed by atoms with van der Waals surface area (Å²) in [5.74, 6) is -0.619. The van der Waals surface area contributed by atoms with Crippen molar-refractivity contribution in [2.24, 2.45) is 0 Å². The Morgan fingerprint density at radius 1 is 0.905 bits per heavy atom. The minimum atomic E-state index is -1.02. The molecule has 0 aromatic heterocycles. The highest BCUT2D eigenvalue weighted by molar-refractivity contribution is 5.92. The largest absolute Gasteiger partial charge is 0.508 e. The van der Waals surface area contributed by atoms with Crippen molar-refractivity contribution in [2.75, 3.05) is 6.54 Å². The number of aryl methyl sites for hydroxylation is 1. The van der Waals surface area contributed by atoms with Crippen molar-refractivity contribution in [3.05, 3.63) is 101 Å². The van der Waals surface area contributed by atoms with Crippen molar-refractivity contribution >= 4 is 17.9 Å². The predicted octanol–water partition coefficient (Wildman–Crippen LogP) is 5.74. The quantitative estimate of drug-likeness (QED) is 0.271. The van der Waals surface area contributed by atoms with Crippen molar-refractivity contribution < 1.29 is 24.2 Å². The van der Waals surface area contributed by atoms with Gasteiger partial charge in [0.05, 0.1) is 0 Å². The number of nitrogens with one attached hydrogen (secondary N) is 2. The Morgan fingerprint density at radius 3 is 2.19 bits per heavy atom. The van der Waals surface area contributed by atoms with E-state index in [1.165, 1.54) is 12.1 Å². The lowest BCUT2D eigenvalue weighted by atomic mass is 9.94. The summed E-state index contributed by atoms with van der Waals surface area (Å²) in [6, 6.07) is 19.8. The Hall–Kier alpha value is -4.33. The summed E-state index contributed by atoms with van der Waals surface area (Å²) in [4.78, 5) is 42.9. The Kier molecular flexibility index (Phi) is 11.1. The van der Waals surface area contributed by atoms with Crippen LogP contribution >= 0.6 is 0 Å². The zero-order valence-corrected chi connectivity index (χ0v) is 25.4. The minimum Gasteiger partial charge on any atom is -0.508 e. The Balaban J connectivity index is 2.03. The molecule has 3 aromatic carbocycles. The highest BCUT2D eigenvalue weighted by Crippen LogP contribution is 2.28. The molecule has 0 radical (unpaired) electrons. The van der Waals surface area contributed by atoms with E-state index >= 15 is 0 Å². The minimum absolute atomic E-state index is 0.0967. The number of phenols is 1. The number of amides is 3. The summed E-state index contributed by atoms with van der Waals surface area (Å²) in [5.41, 5.74) is 3.55. The summed E-state index contributed by atoms with van der Waals surface area (Å²) in [5, 5.41) is 15.6. The molecule has 0 saturated carbocycles. The molecular formula is C34H43N3O5. The molecule has 8 nitrogen and oxygen atoms in total. The van der Waals surface area contributed by atoms with E-state index in [0.717, 1.165) is 27.8 Å². The van der Waals surface area contributed by atoms with Gasteiger partial charge in [0.15, 0.2) is 0 Å². The van der Waals surface area contributed by atoms with E-state index in [1.807, 2.05) is 69.3 Å². The van der Waals surface area contributed by atoms with Crippen LogP contribution in [0, 0.1) is 13.8 Å². The van der Waals surface area contributed by atoms with Gasteiger partial charge >= 0.3 is 6.09 Å². The van der Waals surface area contributed by atoms with Crippen molar-refractivity contribution in [3.8, 4) is 5.75 Å². The number of rotatable bonds is 11. The SMILES string of the molecule is CCCN(C(=O)C(Cc1ccc(O)cc1)NC(=O)OC(C)(C)C)C(C(=O)NCc1ccccc1)c1cccc(C)c1C.